The zero-order valence-electron chi connectivity index (χ0n) is 13.8. The van der Waals surface area contributed by atoms with Crippen molar-refractivity contribution in [3.05, 3.63) is 12.4 Å². The molecule has 0 aromatic carbocycles. The third-order valence-electron chi connectivity index (χ3n) is 5.27. The third-order valence-corrected chi connectivity index (χ3v) is 5.27. The van der Waals surface area contributed by atoms with Gasteiger partial charge in [-0.05, 0) is 39.5 Å². The van der Waals surface area contributed by atoms with Crippen LogP contribution in [0.3, 0.4) is 0 Å². The van der Waals surface area contributed by atoms with Crippen molar-refractivity contribution in [2.24, 2.45) is 5.92 Å². The van der Waals surface area contributed by atoms with E-state index < -0.39 is 0 Å². The van der Waals surface area contributed by atoms with Crippen LogP contribution in [-0.2, 0) is 0 Å². The molecule has 0 radical (unpaired) electrons. The fourth-order valence-electron chi connectivity index (χ4n) is 3.86. The van der Waals surface area contributed by atoms with Gasteiger partial charge in [0.15, 0.2) is 0 Å². The normalized spacial score (nSPS) is 28.3. The molecule has 21 heavy (non-hydrogen) atoms. The van der Waals surface area contributed by atoms with Gasteiger partial charge in [0.05, 0.1) is 11.9 Å². The molecule has 2 atom stereocenters. The van der Waals surface area contributed by atoms with Crippen LogP contribution in [0.5, 0.6) is 0 Å². The van der Waals surface area contributed by atoms with Gasteiger partial charge in [0.1, 0.15) is 0 Å². The van der Waals surface area contributed by atoms with Gasteiger partial charge >= 0.3 is 0 Å². The molecule has 2 aliphatic rings. The largest absolute Gasteiger partial charge is 0.363 e. The number of anilines is 1. The summed E-state index contributed by atoms with van der Waals surface area (Å²) in [7, 11) is 0. The van der Waals surface area contributed by atoms with Crippen molar-refractivity contribution in [1.82, 2.24) is 15.1 Å². The first kappa shape index (κ1) is 14.9. The van der Waals surface area contributed by atoms with Gasteiger partial charge < -0.3 is 10.2 Å². The second kappa shape index (κ2) is 6.39. The molecular formula is C17H30N4. The number of nitrogens with zero attached hydrogens (tertiary/aromatic N) is 3. The van der Waals surface area contributed by atoms with Crippen molar-refractivity contribution in [1.29, 1.82) is 0 Å². The molecule has 1 aromatic heterocycles. The Kier molecular flexibility index (Phi) is 4.53. The van der Waals surface area contributed by atoms with Crippen LogP contribution in [0, 0.1) is 5.92 Å². The Morgan fingerprint density at radius 3 is 2.67 bits per heavy atom. The number of hydrogen-bond donors (Lipinski definition) is 1. The predicted octanol–water partition coefficient (Wildman–Crippen LogP) is 3.21. The maximum absolute atomic E-state index is 4.52. The van der Waals surface area contributed by atoms with Crippen LogP contribution in [0.15, 0.2) is 12.4 Å². The Balaban J connectivity index is 1.70. The number of aromatic nitrogens is 2. The number of rotatable bonds is 3. The van der Waals surface area contributed by atoms with E-state index in [-0.39, 0.29) is 0 Å². The average Bonchev–Trinajstić information content (AvgIpc) is 2.98. The Morgan fingerprint density at radius 2 is 2.00 bits per heavy atom. The fraction of sp³-hybridized carbons (Fsp3) is 0.824. The summed E-state index contributed by atoms with van der Waals surface area (Å²) in [5.74, 6) is 0.869. The first-order valence-electron chi connectivity index (χ1n) is 8.69. The Bertz CT molecular complexity index is 447. The van der Waals surface area contributed by atoms with Crippen LogP contribution in [0.4, 0.5) is 5.69 Å². The molecule has 0 spiro atoms. The molecule has 2 heterocycles. The summed E-state index contributed by atoms with van der Waals surface area (Å²) in [4.78, 5) is 2.56. The summed E-state index contributed by atoms with van der Waals surface area (Å²) in [6, 6.07) is 1.64. The lowest BCUT2D eigenvalue weighted by Crippen LogP contribution is -2.58. The van der Waals surface area contributed by atoms with Crippen molar-refractivity contribution in [3.63, 3.8) is 0 Å². The topological polar surface area (TPSA) is 33.1 Å². The lowest BCUT2D eigenvalue weighted by molar-refractivity contribution is 0.245. The summed E-state index contributed by atoms with van der Waals surface area (Å²) >= 11 is 0. The maximum Gasteiger partial charge on any atom is 0.0756 e. The molecule has 2 fully saturated rings. The van der Waals surface area contributed by atoms with Gasteiger partial charge in [0.25, 0.3) is 0 Å². The highest BCUT2D eigenvalue weighted by Gasteiger charge is 2.31. The van der Waals surface area contributed by atoms with E-state index in [1.54, 1.807) is 0 Å². The molecule has 3 rings (SSSR count). The standard InChI is InChI=1S/C17H30N4/c1-13(2)21-11-16(10-19-21)20-12-17(18-9-14(20)3)15-7-5-4-6-8-15/h10-11,13-15,17-18H,4-9,12H2,1-3H3. The Labute approximate surface area is 128 Å². The summed E-state index contributed by atoms with van der Waals surface area (Å²) in [5.41, 5.74) is 1.29. The summed E-state index contributed by atoms with van der Waals surface area (Å²) < 4.78 is 2.07. The van der Waals surface area contributed by atoms with E-state index in [2.05, 4.69) is 47.0 Å². The minimum absolute atomic E-state index is 0.436. The molecule has 2 unspecified atom stereocenters. The molecule has 118 valence electrons. The van der Waals surface area contributed by atoms with E-state index >= 15 is 0 Å². The van der Waals surface area contributed by atoms with Gasteiger partial charge in [0, 0.05) is 37.4 Å². The molecule has 4 nitrogen and oxygen atoms in total. The Hall–Kier alpha value is -1.03. The molecule has 1 saturated heterocycles. The zero-order valence-corrected chi connectivity index (χ0v) is 13.8. The van der Waals surface area contributed by atoms with Crippen molar-refractivity contribution < 1.29 is 0 Å². The summed E-state index contributed by atoms with van der Waals surface area (Å²) in [6.45, 7) is 8.91. The first-order chi connectivity index (χ1) is 10.1. The molecule has 1 aromatic rings. The highest BCUT2D eigenvalue weighted by atomic mass is 15.3. The first-order valence-corrected chi connectivity index (χ1v) is 8.69. The van der Waals surface area contributed by atoms with Gasteiger partial charge in [-0.3, -0.25) is 4.68 Å². The number of hydrogen-bond acceptors (Lipinski definition) is 3. The summed E-state index contributed by atoms with van der Waals surface area (Å²) in [6.07, 6.45) is 11.3. The van der Waals surface area contributed by atoms with Crippen LogP contribution in [0.2, 0.25) is 0 Å². The van der Waals surface area contributed by atoms with Crippen molar-refractivity contribution in [3.8, 4) is 0 Å². The maximum atomic E-state index is 4.52. The summed E-state index contributed by atoms with van der Waals surface area (Å²) in [5, 5.41) is 8.32. The molecule has 1 aliphatic heterocycles. The zero-order chi connectivity index (χ0) is 14.8. The molecule has 1 saturated carbocycles. The number of nitrogens with one attached hydrogen (secondary N) is 1. The highest BCUT2D eigenvalue weighted by Crippen LogP contribution is 2.30. The minimum atomic E-state index is 0.436. The highest BCUT2D eigenvalue weighted by molar-refractivity contribution is 5.44. The van der Waals surface area contributed by atoms with Crippen LogP contribution in [-0.4, -0.2) is 35.0 Å². The predicted molar refractivity (Wildman–Crippen MR) is 87.8 cm³/mol. The third kappa shape index (κ3) is 3.25. The smallest absolute Gasteiger partial charge is 0.0756 e. The average molecular weight is 290 g/mol. The number of piperazine rings is 1. The lowest BCUT2D eigenvalue weighted by Gasteiger charge is -2.43. The van der Waals surface area contributed by atoms with Crippen LogP contribution >= 0.6 is 0 Å². The van der Waals surface area contributed by atoms with Crippen molar-refractivity contribution in [2.75, 3.05) is 18.0 Å². The van der Waals surface area contributed by atoms with Crippen LogP contribution < -0.4 is 10.2 Å². The monoisotopic (exact) mass is 290 g/mol. The van der Waals surface area contributed by atoms with Gasteiger partial charge in [-0.1, -0.05) is 19.3 Å². The van der Waals surface area contributed by atoms with E-state index in [1.165, 1.54) is 37.8 Å². The SMILES string of the molecule is CC1CNC(C2CCCCC2)CN1c1cnn(C(C)C)c1. The van der Waals surface area contributed by atoms with E-state index in [1.807, 2.05) is 6.20 Å². The molecule has 1 aliphatic carbocycles. The van der Waals surface area contributed by atoms with E-state index in [0.717, 1.165) is 19.0 Å². The van der Waals surface area contributed by atoms with Crippen LogP contribution in [0.25, 0.3) is 0 Å². The molecule has 0 bridgehead atoms. The van der Waals surface area contributed by atoms with E-state index in [4.69, 9.17) is 0 Å². The van der Waals surface area contributed by atoms with Gasteiger partial charge in [-0.2, -0.15) is 5.10 Å². The minimum Gasteiger partial charge on any atom is -0.363 e. The van der Waals surface area contributed by atoms with Gasteiger partial charge in [-0.25, -0.2) is 0 Å². The fourth-order valence-corrected chi connectivity index (χ4v) is 3.86. The molecular weight excluding hydrogens is 260 g/mol. The van der Waals surface area contributed by atoms with Crippen LogP contribution in [0.1, 0.15) is 58.9 Å². The lowest BCUT2D eigenvalue weighted by atomic mass is 9.82. The second-order valence-electron chi connectivity index (χ2n) is 7.19. The Morgan fingerprint density at radius 1 is 1.24 bits per heavy atom. The van der Waals surface area contributed by atoms with Crippen molar-refractivity contribution >= 4 is 5.69 Å². The van der Waals surface area contributed by atoms with Gasteiger partial charge in [0.2, 0.25) is 0 Å². The quantitative estimate of drug-likeness (QED) is 0.928. The van der Waals surface area contributed by atoms with E-state index in [0.29, 0.717) is 18.1 Å². The molecule has 4 heteroatoms. The van der Waals surface area contributed by atoms with Crippen molar-refractivity contribution in [2.45, 2.75) is 71.0 Å². The second-order valence-corrected chi connectivity index (χ2v) is 7.19. The van der Waals surface area contributed by atoms with E-state index in [9.17, 15) is 0 Å². The molecule has 1 N–H and O–H groups in total. The molecule has 0 amide bonds. The van der Waals surface area contributed by atoms with Gasteiger partial charge in [-0.15, -0.1) is 0 Å².